The molecule has 0 saturated carbocycles. The van der Waals surface area contributed by atoms with E-state index >= 15 is 0 Å². The normalized spacial score (nSPS) is 18.2. The van der Waals surface area contributed by atoms with Crippen LogP contribution in [0.4, 0.5) is 0 Å². The van der Waals surface area contributed by atoms with Gasteiger partial charge >= 0.3 is 0 Å². The highest BCUT2D eigenvalue weighted by atomic mass is 16.5. The molecule has 3 heterocycles. The van der Waals surface area contributed by atoms with E-state index in [1.165, 1.54) is 0 Å². The number of nitrogens with one attached hydrogen (secondary N) is 4. The molecule has 2 amide bonds. The highest BCUT2D eigenvalue weighted by Gasteiger charge is 2.34. The number of aryl methyl sites for hydroxylation is 1. The van der Waals surface area contributed by atoms with Gasteiger partial charge in [-0.15, -0.1) is 10.6 Å². The molecule has 2 aliphatic rings. The number of benzene rings is 1. The molecule has 1 aromatic carbocycles. The van der Waals surface area contributed by atoms with Gasteiger partial charge in [-0.2, -0.15) is 0 Å². The maximum Gasteiger partial charge on any atom is 0.243 e. The highest BCUT2D eigenvalue weighted by molar-refractivity contribution is 5.98. The molecule has 0 unspecified atom stereocenters. The van der Waals surface area contributed by atoms with Crippen molar-refractivity contribution in [1.82, 2.24) is 31.9 Å². The van der Waals surface area contributed by atoms with Crippen LogP contribution in [0.2, 0.25) is 0 Å². The summed E-state index contributed by atoms with van der Waals surface area (Å²) < 4.78 is 5.12. The number of hydrazone groups is 1. The van der Waals surface area contributed by atoms with E-state index in [4.69, 9.17) is 4.52 Å². The van der Waals surface area contributed by atoms with Crippen molar-refractivity contribution in [2.75, 3.05) is 6.54 Å². The number of nitrogens with zero attached hydrogens (tertiary/aromatic N) is 3. The summed E-state index contributed by atoms with van der Waals surface area (Å²) in [6.45, 7) is 2.78. The summed E-state index contributed by atoms with van der Waals surface area (Å²) >= 11 is 0. The zero-order valence-electron chi connectivity index (χ0n) is 16.1. The SMILES string of the molecule is Cc1cc(CC(=O)N2CCC[C@H]2C(=O)NCc2ccc(C3=NNNN3)cc2)on1. The molecule has 1 fully saturated rings. The molecule has 0 aliphatic carbocycles. The summed E-state index contributed by atoms with van der Waals surface area (Å²) in [5.74, 6) is 0.965. The lowest BCUT2D eigenvalue weighted by molar-refractivity contribution is -0.138. The molecule has 10 heteroatoms. The molecule has 1 saturated heterocycles. The van der Waals surface area contributed by atoms with Gasteiger partial charge in [-0.25, -0.2) is 5.53 Å². The lowest BCUT2D eigenvalue weighted by Crippen LogP contribution is -2.46. The molecule has 2 aromatic rings. The van der Waals surface area contributed by atoms with Gasteiger partial charge in [-0.05, 0) is 25.3 Å². The van der Waals surface area contributed by atoms with Crippen LogP contribution >= 0.6 is 0 Å². The van der Waals surface area contributed by atoms with Gasteiger partial charge in [0.2, 0.25) is 11.8 Å². The minimum Gasteiger partial charge on any atom is -0.361 e. The number of amides is 2. The first-order valence-electron chi connectivity index (χ1n) is 9.52. The number of hydrogen-bond acceptors (Lipinski definition) is 8. The van der Waals surface area contributed by atoms with Crippen LogP contribution in [0.3, 0.4) is 0 Å². The van der Waals surface area contributed by atoms with E-state index in [1.54, 1.807) is 11.0 Å². The average Bonchev–Trinajstić information content (AvgIpc) is 3.48. The summed E-state index contributed by atoms with van der Waals surface area (Å²) in [6.07, 6.45) is 1.59. The van der Waals surface area contributed by atoms with E-state index in [0.717, 1.165) is 23.2 Å². The second kappa shape index (κ2) is 8.31. The monoisotopic (exact) mass is 397 g/mol. The van der Waals surface area contributed by atoms with E-state index in [9.17, 15) is 9.59 Å². The first-order valence-corrected chi connectivity index (χ1v) is 9.52. The van der Waals surface area contributed by atoms with E-state index in [0.29, 0.717) is 31.1 Å². The second-order valence-corrected chi connectivity index (χ2v) is 7.09. The summed E-state index contributed by atoms with van der Waals surface area (Å²) in [4.78, 5) is 26.9. The summed E-state index contributed by atoms with van der Waals surface area (Å²) in [5.41, 5.74) is 10.8. The molecule has 2 aliphatic heterocycles. The van der Waals surface area contributed by atoms with Gasteiger partial charge in [0.05, 0.1) is 12.1 Å². The van der Waals surface area contributed by atoms with Crippen molar-refractivity contribution in [3.05, 3.63) is 52.9 Å². The largest absolute Gasteiger partial charge is 0.361 e. The number of carbonyl (C=O) groups excluding carboxylic acids is 2. The maximum absolute atomic E-state index is 12.7. The van der Waals surface area contributed by atoms with Gasteiger partial charge in [0.15, 0.2) is 5.84 Å². The Labute approximate surface area is 167 Å². The highest BCUT2D eigenvalue weighted by Crippen LogP contribution is 2.19. The van der Waals surface area contributed by atoms with Gasteiger partial charge in [0.1, 0.15) is 11.8 Å². The molecule has 152 valence electrons. The molecule has 4 N–H and O–H groups in total. The van der Waals surface area contributed by atoms with Crippen molar-refractivity contribution in [3.8, 4) is 0 Å². The molecule has 29 heavy (non-hydrogen) atoms. The van der Waals surface area contributed by atoms with Gasteiger partial charge < -0.3 is 14.7 Å². The Morgan fingerprint density at radius 2 is 2.14 bits per heavy atom. The first kappa shape index (κ1) is 18.9. The number of rotatable bonds is 6. The third kappa shape index (κ3) is 4.37. The zero-order chi connectivity index (χ0) is 20.2. The van der Waals surface area contributed by atoms with Crippen LogP contribution in [0.15, 0.2) is 40.0 Å². The fraction of sp³-hybridized carbons (Fsp3) is 0.368. The molecule has 4 rings (SSSR count). The fourth-order valence-electron chi connectivity index (χ4n) is 3.51. The van der Waals surface area contributed by atoms with Crippen molar-refractivity contribution >= 4 is 17.6 Å². The number of hydrazine groups is 2. The molecule has 0 spiro atoms. The van der Waals surface area contributed by atoms with Crippen molar-refractivity contribution in [1.29, 1.82) is 0 Å². The minimum absolute atomic E-state index is 0.116. The predicted molar refractivity (Wildman–Crippen MR) is 104 cm³/mol. The lowest BCUT2D eigenvalue weighted by atomic mass is 10.1. The van der Waals surface area contributed by atoms with Crippen LogP contribution in [0.1, 0.15) is 35.4 Å². The van der Waals surface area contributed by atoms with Gasteiger partial charge in [-0.1, -0.05) is 29.4 Å². The van der Waals surface area contributed by atoms with Gasteiger partial charge in [0, 0.05) is 24.7 Å². The van der Waals surface area contributed by atoms with Crippen LogP contribution in [-0.4, -0.2) is 40.3 Å². The van der Waals surface area contributed by atoms with Crippen LogP contribution in [0, 0.1) is 6.92 Å². The van der Waals surface area contributed by atoms with E-state index < -0.39 is 6.04 Å². The van der Waals surface area contributed by atoms with Gasteiger partial charge in [0.25, 0.3) is 0 Å². The minimum atomic E-state index is -0.444. The number of carbonyl (C=O) groups is 2. The van der Waals surface area contributed by atoms with E-state index in [-0.39, 0.29) is 18.2 Å². The predicted octanol–water partition coefficient (Wildman–Crippen LogP) is 0.107. The third-order valence-electron chi connectivity index (χ3n) is 4.98. The average molecular weight is 397 g/mol. The third-order valence-corrected chi connectivity index (χ3v) is 4.98. The van der Waals surface area contributed by atoms with Crippen molar-refractivity contribution in [2.45, 2.75) is 38.8 Å². The molecule has 0 radical (unpaired) electrons. The number of aromatic nitrogens is 1. The topological polar surface area (TPSA) is 124 Å². The van der Waals surface area contributed by atoms with Gasteiger partial charge in [-0.3, -0.25) is 15.0 Å². The maximum atomic E-state index is 12.7. The quantitative estimate of drug-likeness (QED) is 0.545. The standard InChI is InChI=1S/C19H23N7O3/c1-12-9-15(29-23-12)10-17(27)26-8-2-3-16(26)19(28)20-11-13-4-6-14(7-5-13)18-21-24-25-22-18/h4-7,9,16,24-25H,2-3,8,10-11H2,1H3,(H,20,28)(H,21,22)/t16-/m0/s1. The molecule has 10 nitrogen and oxygen atoms in total. The molecule has 0 bridgehead atoms. The van der Waals surface area contributed by atoms with Crippen LogP contribution < -0.4 is 21.8 Å². The molecule has 1 atom stereocenters. The summed E-state index contributed by atoms with van der Waals surface area (Å²) in [7, 11) is 0. The summed E-state index contributed by atoms with van der Waals surface area (Å²) in [6, 6.07) is 9.01. The number of hydrogen-bond donors (Lipinski definition) is 4. The molecule has 1 aromatic heterocycles. The number of likely N-dealkylation sites (tertiary alicyclic amines) is 1. The Hall–Kier alpha value is -3.40. The van der Waals surface area contributed by atoms with Crippen molar-refractivity contribution in [3.63, 3.8) is 0 Å². The summed E-state index contributed by atoms with van der Waals surface area (Å²) in [5, 5.41) is 10.8. The Kier molecular flexibility index (Phi) is 5.43. The second-order valence-electron chi connectivity index (χ2n) is 7.09. The lowest BCUT2D eigenvalue weighted by Gasteiger charge is -2.23. The van der Waals surface area contributed by atoms with E-state index in [1.807, 2.05) is 31.2 Å². The number of amidine groups is 1. The molecular formula is C19H23N7O3. The van der Waals surface area contributed by atoms with E-state index in [2.05, 4.69) is 32.1 Å². The first-order chi connectivity index (χ1) is 14.1. The van der Waals surface area contributed by atoms with Crippen LogP contribution in [0.25, 0.3) is 0 Å². The smallest absolute Gasteiger partial charge is 0.243 e. The molecular weight excluding hydrogens is 374 g/mol. The van der Waals surface area contributed by atoms with Crippen LogP contribution in [0.5, 0.6) is 0 Å². The Morgan fingerprint density at radius 3 is 2.83 bits per heavy atom. The van der Waals surface area contributed by atoms with Crippen molar-refractivity contribution < 1.29 is 14.1 Å². The van der Waals surface area contributed by atoms with Crippen LogP contribution in [-0.2, 0) is 22.6 Å². The Bertz CT molecular complexity index is 922. The Balaban J connectivity index is 1.32. The fourth-order valence-corrected chi connectivity index (χ4v) is 3.51. The zero-order valence-corrected chi connectivity index (χ0v) is 16.1. The van der Waals surface area contributed by atoms with Crippen molar-refractivity contribution in [2.24, 2.45) is 5.10 Å². The Morgan fingerprint density at radius 1 is 1.31 bits per heavy atom.